The van der Waals surface area contributed by atoms with Crippen molar-refractivity contribution in [3.8, 4) is 11.5 Å². The molecule has 2 rings (SSSR count). The highest BCUT2D eigenvalue weighted by molar-refractivity contribution is 5.56. The molecule has 0 amide bonds. The molecule has 0 spiro atoms. The summed E-state index contributed by atoms with van der Waals surface area (Å²) in [7, 11) is 0. The van der Waals surface area contributed by atoms with E-state index in [2.05, 4.69) is 16.7 Å². The van der Waals surface area contributed by atoms with Gasteiger partial charge in [-0.3, -0.25) is 0 Å². The van der Waals surface area contributed by atoms with Crippen LogP contribution in [0.4, 0.5) is 8.78 Å². The van der Waals surface area contributed by atoms with Crippen molar-refractivity contribution >= 4 is 0 Å². The fourth-order valence-electron chi connectivity index (χ4n) is 2.02. The second-order valence-corrected chi connectivity index (χ2v) is 5.20. The first kappa shape index (κ1) is 16.8. The highest BCUT2D eigenvalue weighted by Crippen LogP contribution is 2.28. The number of allylic oxidation sites excluding steroid dienone is 5. The van der Waals surface area contributed by atoms with Crippen LogP contribution in [0.3, 0.4) is 0 Å². The van der Waals surface area contributed by atoms with Gasteiger partial charge in [-0.25, -0.2) is 8.78 Å². The summed E-state index contributed by atoms with van der Waals surface area (Å²) in [6.07, 6.45) is 5.19. The molecule has 1 aromatic heterocycles. The van der Waals surface area contributed by atoms with Crippen molar-refractivity contribution in [2.45, 2.75) is 26.7 Å². The molecule has 120 valence electrons. The lowest BCUT2D eigenvalue weighted by molar-refractivity contribution is 0.150. The molecule has 0 radical (unpaired) electrons. The van der Waals surface area contributed by atoms with E-state index in [1.54, 1.807) is 19.1 Å². The molecule has 0 aliphatic heterocycles. The third-order valence-electron chi connectivity index (χ3n) is 3.12. The Labute approximate surface area is 134 Å². The monoisotopic (exact) mass is 316 g/mol. The average Bonchev–Trinajstić information content (AvgIpc) is 2.93. The molecule has 0 fully saturated rings. The molecule has 0 aliphatic carbocycles. The van der Waals surface area contributed by atoms with Crippen molar-refractivity contribution in [2.24, 2.45) is 0 Å². The quantitative estimate of drug-likeness (QED) is 0.686. The Balaban J connectivity index is 2.21. The molecule has 0 N–H and O–H groups in total. The van der Waals surface area contributed by atoms with Gasteiger partial charge in [-0.2, -0.15) is 4.98 Å². The van der Waals surface area contributed by atoms with Crippen LogP contribution in [0.2, 0.25) is 0 Å². The summed E-state index contributed by atoms with van der Waals surface area (Å²) in [5.41, 5.74) is 1.98. The Morgan fingerprint density at radius 3 is 2.74 bits per heavy atom. The molecule has 3 nitrogen and oxygen atoms in total. The Kier molecular flexibility index (Phi) is 5.57. The molecule has 2 aromatic rings. The number of hydrogen-bond donors (Lipinski definition) is 0. The molecule has 0 bridgehead atoms. The van der Waals surface area contributed by atoms with Crippen molar-refractivity contribution in [3.05, 3.63) is 71.6 Å². The van der Waals surface area contributed by atoms with Gasteiger partial charge in [0.2, 0.25) is 0 Å². The topological polar surface area (TPSA) is 38.9 Å². The maximum Gasteiger partial charge on any atom is 0.264 e. The van der Waals surface area contributed by atoms with E-state index in [4.69, 9.17) is 4.52 Å². The van der Waals surface area contributed by atoms with Gasteiger partial charge in [0.25, 0.3) is 12.3 Å². The van der Waals surface area contributed by atoms with E-state index < -0.39 is 6.43 Å². The fourth-order valence-corrected chi connectivity index (χ4v) is 2.02. The normalized spacial score (nSPS) is 11.9. The first-order valence-electron chi connectivity index (χ1n) is 7.17. The maximum absolute atomic E-state index is 13.3. The minimum absolute atomic E-state index is 0.0214. The Bertz CT molecular complexity index is 745. The summed E-state index contributed by atoms with van der Waals surface area (Å²) in [5, 5.41) is 3.67. The number of aryl methyl sites for hydroxylation is 1. The standard InChI is InChI=1S/C18H18F2N2O/c1-12(2)7-5-4-6-8-14-9-10-15(11-16(14)17(19)20)18-21-13(3)22-23-18/h4-7,9-11,17H,1,8H2,2-3H3. The number of alkyl halides is 2. The number of rotatable bonds is 6. The molecule has 1 heterocycles. The molecule has 0 saturated heterocycles. The van der Waals surface area contributed by atoms with Crippen LogP contribution in [0.15, 0.2) is 59.2 Å². The van der Waals surface area contributed by atoms with Crippen LogP contribution in [0.5, 0.6) is 0 Å². The van der Waals surface area contributed by atoms with Crippen molar-refractivity contribution in [1.82, 2.24) is 10.1 Å². The van der Waals surface area contributed by atoms with Gasteiger partial charge in [-0.1, -0.05) is 47.7 Å². The maximum atomic E-state index is 13.3. The van der Waals surface area contributed by atoms with Crippen molar-refractivity contribution in [2.75, 3.05) is 0 Å². The lowest BCUT2D eigenvalue weighted by atomic mass is 10.0. The number of benzene rings is 1. The smallest absolute Gasteiger partial charge is 0.264 e. The summed E-state index contributed by atoms with van der Waals surface area (Å²) in [4.78, 5) is 4.06. The fraction of sp³-hybridized carbons (Fsp3) is 0.222. The molecular formula is C18H18F2N2O. The van der Waals surface area contributed by atoms with E-state index in [1.165, 1.54) is 6.07 Å². The van der Waals surface area contributed by atoms with Crippen LogP contribution in [-0.4, -0.2) is 10.1 Å². The molecule has 0 saturated carbocycles. The van der Waals surface area contributed by atoms with Crippen molar-refractivity contribution < 1.29 is 13.3 Å². The number of halogens is 2. The predicted octanol–water partition coefficient (Wildman–Crippen LogP) is 5.21. The number of hydrogen-bond acceptors (Lipinski definition) is 3. The zero-order valence-corrected chi connectivity index (χ0v) is 13.1. The second-order valence-electron chi connectivity index (χ2n) is 5.20. The molecule has 5 heteroatoms. The molecule has 0 unspecified atom stereocenters. The van der Waals surface area contributed by atoms with E-state index in [1.807, 2.05) is 31.2 Å². The molecule has 0 atom stereocenters. The second kappa shape index (κ2) is 7.63. The third-order valence-corrected chi connectivity index (χ3v) is 3.12. The average molecular weight is 316 g/mol. The Morgan fingerprint density at radius 1 is 1.35 bits per heavy atom. The van der Waals surface area contributed by atoms with Crippen molar-refractivity contribution in [1.29, 1.82) is 0 Å². The molecular weight excluding hydrogens is 298 g/mol. The summed E-state index contributed by atoms with van der Waals surface area (Å²) in [6, 6.07) is 4.79. The van der Waals surface area contributed by atoms with E-state index in [-0.39, 0.29) is 11.5 Å². The zero-order valence-electron chi connectivity index (χ0n) is 13.1. The van der Waals surface area contributed by atoms with Gasteiger partial charge in [0, 0.05) is 11.1 Å². The molecule has 23 heavy (non-hydrogen) atoms. The highest BCUT2D eigenvalue weighted by Gasteiger charge is 2.15. The van der Waals surface area contributed by atoms with Gasteiger partial charge in [0.15, 0.2) is 5.82 Å². The van der Waals surface area contributed by atoms with Gasteiger partial charge >= 0.3 is 0 Å². The zero-order chi connectivity index (χ0) is 16.8. The Morgan fingerprint density at radius 2 is 2.13 bits per heavy atom. The largest absolute Gasteiger partial charge is 0.334 e. The van der Waals surface area contributed by atoms with Gasteiger partial charge in [-0.05, 0) is 38.0 Å². The van der Waals surface area contributed by atoms with E-state index in [9.17, 15) is 8.78 Å². The summed E-state index contributed by atoms with van der Waals surface area (Å²) in [6.45, 7) is 7.31. The predicted molar refractivity (Wildman–Crippen MR) is 86.2 cm³/mol. The van der Waals surface area contributed by atoms with Crippen LogP contribution in [0.1, 0.15) is 30.3 Å². The first-order valence-corrected chi connectivity index (χ1v) is 7.17. The highest BCUT2D eigenvalue weighted by atomic mass is 19.3. The number of aromatic nitrogens is 2. The van der Waals surface area contributed by atoms with Gasteiger partial charge in [0.05, 0.1) is 0 Å². The van der Waals surface area contributed by atoms with Gasteiger partial charge in [-0.15, -0.1) is 0 Å². The SMILES string of the molecule is C=C(C)C=CC=CCc1ccc(-c2nc(C)no2)cc1C(F)F. The summed E-state index contributed by atoms with van der Waals surface area (Å²) in [5.74, 6) is 0.714. The Hall–Kier alpha value is -2.56. The van der Waals surface area contributed by atoms with Gasteiger partial charge < -0.3 is 4.52 Å². The minimum atomic E-state index is -2.56. The van der Waals surface area contributed by atoms with Crippen LogP contribution >= 0.6 is 0 Å². The molecule has 1 aromatic carbocycles. The van der Waals surface area contributed by atoms with Crippen LogP contribution < -0.4 is 0 Å². The lowest BCUT2D eigenvalue weighted by Crippen LogP contribution is -1.95. The summed E-state index contributed by atoms with van der Waals surface area (Å²) < 4.78 is 31.6. The van der Waals surface area contributed by atoms with Crippen LogP contribution in [0.25, 0.3) is 11.5 Å². The summed E-state index contributed by atoms with van der Waals surface area (Å²) >= 11 is 0. The van der Waals surface area contributed by atoms with Crippen molar-refractivity contribution in [3.63, 3.8) is 0 Å². The molecule has 0 aliphatic rings. The lowest BCUT2D eigenvalue weighted by Gasteiger charge is -2.08. The van der Waals surface area contributed by atoms with E-state index in [0.29, 0.717) is 23.4 Å². The number of nitrogens with zero attached hydrogens (tertiary/aromatic N) is 2. The van der Waals surface area contributed by atoms with Crippen LogP contribution in [-0.2, 0) is 6.42 Å². The van der Waals surface area contributed by atoms with Crippen LogP contribution in [0, 0.1) is 6.92 Å². The van der Waals surface area contributed by atoms with Gasteiger partial charge in [0.1, 0.15) is 0 Å². The minimum Gasteiger partial charge on any atom is -0.334 e. The first-order chi connectivity index (χ1) is 11.0. The van der Waals surface area contributed by atoms with E-state index >= 15 is 0 Å². The van der Waals surface area contributed by atoms with E-state index in [0.717, 1.165) is 5.57 Å². The third kappa shape index (κ3) is 4.71.